The van der Waals surface area contributed by atoms with Crippen molar-refractivity contribution >= 4 is 17.3 Å². The van der Waals surface area contributed by atoms with Crippen LogP contribution in [0, 0.1) is 0 Å². The molecule has 0 radical (unpaired) electrons. The molecule has 26 heavy (non-hydrogen) atoms. The van der Waals surface area contributed by atoms with Crippen molar-refractivity contribution in [1.29, 1.82) is 0 Å². The van der Waals surface area contributed by atoms with Gasteiger partial charge in [-0.25, -0.2) is 0 Å². The van der Waals surface area contributed by atoms with E-state index in [4.69, 9.17) is 15.2 Å². The van der Waals surface area contributed by atoms with E-state index in [-0.39, 0.29) is 24.5 Å². The van der Waals surface area contributed by atoms with E-state index < -0.39 is 5.79 Å². The molecule has 0 unspecified atom stereocenters. The summed E-state index contributed by atoms with van der Waals surface area (Å²) in [4.78, 5) is 14.9. The second kappa shape index (κ2) is 7.99. The monoisotopic (exact) mass is 354 g/mol. The quantitative estimate of drug-likeness (QED) is 0.891. The van der Waals surface area contributed by atoms with Gasteiger partial charge in [0.25, 0.3) is 0 Å². The van der Waals surface area contributed by atoms with Crippen molar-refractivity contribution in [1.82, 2.24) is 0 Å². The predicted molar refractivity (Wildman–Crippen MR) is 102 cm³/mol. The van der Waals surface area contributed by atoms with Gasteiger partial charge in [0.15, 0.2) is 5.79 Å². The summed E-state index contributed by atoms with van der Waals surface area (Å²) in [5.41, 5.74) is 7.46. The maximum Gasteiger partial charge on any atom is 0.234 e. The number of hydrogen-bond donors (Lipinski definition) is 1. The number of rotatable bonds is 5. The Labute approximate surface area is 154 Å². The SMILES string of the molecule is CC1(C)O[C@H](CN)C[C@H](CC(=O)N(c2ccccc2)c2ccccc2)O1. The lowest BCUT2D eigenvalue weighted by atomic mass is 10.0. The smallest absolute Gasteiger partial charge is 0.234 e. The molecule has 2 aromatic rings. The standard InChI is InChI=1S/C21H26N2O3/c1-21(2)25-18(13-19(15-22)26-21)14-20(24)23(16-9-5-3-6-10-16)17-11-7-4-8-12-17/h3-12,18-19H,13-15,22H2,1-2H3/t18-,19+/m1/s1. The summed E-state index contributed by atoms with van der Waals surface area (Å²) in [7, 11) is 0. The maximum atomic E-state index is 13.2. The van der Waals surface area contributed by atoms with Gasteiger partial charge in [0, 0.05) is 24.3 Å². The van der Waals surface area contributed by atoms with Gasteiger partial charge in [-0.1, -0.05) is 36.4 Å². The molecule has 1 amide bonds. The second-order valence-electron chi connectivity index (χ2n) is 6.96. The number of ether oxygens (including phenoxy) is 2. The molecule has 2 aromatic carbocycles. The number of carbonyl (C=O) groups excluding carboxylic acids is 1. The van der Waals surface area contributed by atoms with E-state index in [0.717, 1.165) is 11.4 Å². The van der Waals surface area contributed by atoms with Crippen LogP contribution >= 0.6 is 0 Å². The van der Waals surface area contributed by atoms with E-state index in [1.165, 1.54) is 0 Å². The topological polar surface area (TPSA) is 64.8 Å². The van der Waals surface area contributed by atoms with Gasteiger partial charge < -0.3 is 15.2 Å². The van der Waals surface area contributed by atoms with Crippen molar-refractivity contribution in [3.05, 3.63) is 60.7 Å². The Morgan fingerprint density at radius 2 is 1.50 bits per heavy atom. The first-order valence-electron chi connectivity index (χ1n) is 8.97. The molecule has 2 atom stereocenters. The highest BCUT2D eigenvalue weighted by molar-refractivity contribution is 6.00. The van der Waals surface area contributed by atoms with Crippen molar-refractivity contribution in [2.24, 2.45) is 5.73 Å². The summed E-state index contributed by atoms with van der Waals surface area (Å²) in [6.07, 6.45) is 0.559. The molecule has 0 saturated carbocycles. The molecule has 0 bridgehead atoms. The van der Waals surface area contributed by atoms with Gasteiger partial charge in [-0.2, -0.15) is 0 Å². The lowest BCUT2D eigenvalue weighted by molar-refractivity contribution is -0.296. The van der Waals surface area contributed by atoms with E-state index in [9.17, 15) is 4.79 Å². The molecule has 1 heterocycles. The van der Waals surface area contributed by atoms with E-state index in [2.05, 4.69) is 0 Å². The molecule has 0 aromatic heterocycles. The highest BCUT2D eigenvalue weighted by atomic mass is 16.7. The molecule has 138 valence electrons. The Bertz CT molecular complexity index is 679. The van der Waals surface area contributed by atoms with E-state index in [0.29, 0.717) is 13.0 Å². The van der Waals surface area contributed by atoms with Gasteiger partial charge in [0.1, 0.15) is 0 Å². The number of benzene rings is 2. The van der Waals surface area contributed by atoms with Crippen molar-refractivity contribution in [2.75, 3.05) is 11.4 Å². The second-order valence-corrected chi connectivity index (χ2v) is 6.96. The summed E-state index contributed by atoms with van der Waals surface area (Å²) in [6, 6.07) is 19.3. The lowest BCUT2D eigenvalue weighted by Crippen LogP contribution is -2.48. The summed E-state index contributed by atoms with van der Waals surface area (Å²) < 4.78 is 11.8. The highest BCUT2D eigenvalue weighted by Crippen LogP contribution is 2.31. The van der Waals surface area contributed by atoms with E-state index >= 15 is 0 Å². The van der Waals surface area contributed by atoms with Gasteiger partial charge >= 0.3 is 0 Å². The van der Waals surface area contributed by atoms with Gasteiger partial charge in [0.2, 0.25) is 5.91 Å². The minimum atomic E-state index is -0.739. The third-order valence-corrected chi connectivity index (χ3v) is 4.37. The molecular weight excluding hydrogens is 328 g/mol. The fraction of sp³-hybridized carbons (Fsp3) is 0.381. The molecule has 2 N–H and O–H groups in total. The first-order chi connectivity index (χ1) is 12.5. The fourth-order valence-electron chi connectivity index (χ4n) is 3.37. The Balaban J connectivity index is 1.82. The zero-order valence-corrected chi connectivity index (χ0v) is 15.3. The average Bonchev–Trinajstić information content (AvgIpc) is 2.62. The molecule has 5 nitrogen and oxygen atoms in total. The first kappa shape index (κ1) is 18.6. The number of anilines is 2. The molecule has 1 saturated heterocycles. The van der Waals surface area contributed by atoms with Crippen LogP contribution in [0.25, 0.3) is 0 Å². The van der Waals surface area contributed by atoms with Crippen molar-refractivity contribution in [3.63, 3.8) is 0 Å². The molecule has 0 aliphatic carbocycles. The van der Waals surface area contributed by atoms with Crippen LogP contribution in [0.15, 0.2) is 60.7 Å². The average molecular weight is 354 g/mol. The summed E-state index contributed by atoms with van der Waals surface area (Å²) >= 11 is 0. The van der Waals surface area contributed by atoms with Crippen molar-refractivity contribution in [2.45, 2.75) is 44.7 Å². The molecule has 1 aliphatic rings. The van der Waals surface area contributed by atoms with Crippen LogP contribution in [0.3, 0.4) is 0 Å². The summed E-state index contributed by atoms with van der Waals surface area (Å²) in [5, 5.41) is 0. The molecule has 5 heteroatoms. The summed E-state index contributed by atoms with van der Waals surface area (Å²) in [5.74, 6) is -0.752. The maximum absolute atomic E-state index is 13.2. The number of amides is 1. The van der Waals surface area contributed by atoms with Crippen LogP contribution in [0.4, 0.5) is 11.4 Å². The minimum absolute atomic E-state index is 0.0131. The van der Waals surface area contributed by atoms with Gasteiger partial charge in [0.05, 0.1) is 18.6 Å². The van der Waals surface area contributed by atoms with Crippen LogP contribution in [0.1, 0.15) is 26.7 Å². The van der Waals surface area contributed by atoms with Gasteiger partial charge in [-0.05, 0) is 38.1 Å². The number of carbonyl (C=O) groups is 1. The summed E-state index contributed by atoms with van der Waals surface area (Å²) in [6.45, 7) is 4.13. The third kappa shape index (κ3) is 4.49. The van der Waals surface area contributed by atoms with Gasteiger partial charge in [-0.3, -0.25) is 9.69 Å². The van der Waals surface area contributed by atoms with Crippen molar-refractivity contribution in [3.8, 4) is 0 Å². The minimum Gasteiger partial charge on any atom is -0.347 e. The molecular formula is C21H26N2O3. The lowest BCUT2D eigenvalue weighted by Gasteiger charge is -2.40. The number of hydrogen-bond acceptors (Lipinski definition) is 4. The molecule has 0 spiro atoms. The number of para-hydroxylation sites is 2. The number of nitrogens with zero attached hydrogens (tertiary/aromatic N) is 1. The fourth-order valence-corrected chi connectivity index (χ4v) is 3.37. The van der Waals surface area contributed by atoms with Crippen LogP contribution in [-0.2, 0) is 14.3 Å². The van der Waals surface area contributed by atoms with Crippen LogP contribution in [0.5, 0.6) is 0 Å². The molecule has 1 aliphatic heterocycles. The van der Waals surface area contributed by atoms with Crippen LogP contribution < -0.4 is 10.6 Å². The largest absolute Gasteiger partial charge is 0.347 e. The first-order valence-corrected chi connectivity index (χ1v) is 8.97. The van der Waals surface area contributed by atoms with E-state index in [1.54, 1.807) is 4.90 Å². The van der Waals surface area contributed by atoms with Crippen LogP contribution in [-0.4, -0.2) is 30.4 Å². The zero-order chi connectivity index (χ0) is 18.6. The Morgan fingerprint density at radius 1 is 1.00 bits per heavy atom. The predicted octanol–water partition coefficient (Wildman–Crippen LogP) is 3.61. The van der Waals surface area contributed by atoms with Gasteiger partial charge in [-0.15, -0.1) is 0 Å². The van der Waals surface area contributed by atoms with Crippen molar-refractivity contribution < 1.29 is 14.3 Å². The Kier molecular flexibility index (Phi) is 5.71. The Hall–Kier alpha value is -2.21. The highest BCUT2D eigenvalue weighted by Gasteiger charge is 2.36. The molecule has 3 rings (SSSR count). The Morgan fingerprint density at radius 3 is 2.00 bits per heavy atom. The molecule has 1 fully saturated rings. The number of nitrogens with two attached hydrogens (primary N) is 1. The normalized spacial score (nSPS) is 22.0. The van der Waals surface area contributed by atoms with Crippen LogP contribution in [0.2, 0.25) is 0 Å². The van der Waals surface area contributed by atoms with E-state index in [1.807, 2.05) is 74.5 Å². The zero-order valence-electron chi connectivity index (χ0n) is 15.3. The third-order valence-electron chi connectivity index (χ3n) is 4.37.